The minimum Gasteiger partial charge on any atom is -0.456 e. The lowest BCUT2D eigenvalue weighted by Gasteiger charge is -2.29. The van der Waals surface area contributed by atoms with Gasteiger partial charge < -0.3 is 18.6 Å². The highest BCUT2D eigenvalue weighted by molar-refractivity contribution is 6.30. The molecule has 0 amide bonds. The fourth-order valence-corrected chi connectivity index (χ4v) is 14.1. The zero-order valence-electron chi connectivity index (χ0n) is 47.7. The lowest BCUT2D eigenvalue weighted by molar-refractivity contribution is 0.669. The standard InChI is InChI=1S/C84H52N2O2/c1-3-17-53(18-4-1)55-31-39-63(40-32-55)85(76-51-62-25-11-14-28-69(62)83-81-68-27-13-10-22-58(68)38-48-78(81)88-84(76)83)64-43-35-59(36-44-64)66-45-46-74(73-50-61-24-8-7-23-60(61)49-72(66)73)86(65-41-33-56(34-42-65)54-19-5-2-6-20-54)75-52-79-82(71-30-16-15-29-70(71)75)80-67-26-12-9-21-57(67)37-47-77(80)87-79/h1-52H. The van der Waals surface area contributed by atoms with Crippen LogP contribution >= 0.6 is 0 Å². The number of hydrogen-bond donors (Lipinski definition) is 0. The summed E-state index contributed by atoms with van der Waals surface area (Å²) in [6.07, 6.45) is 0. The Labute approximate surface area is 507 Å². The molecule has 0 unspecified atom stereocenters. The summed E-state index contributed by atoms with van der Waals surface area (Å²) < 4.78 is 14.1. The van der Waals surface area contributed by atoms with E-state index in [9.17, 15) is 0 Å². The van der Waals surface area contributed by atoms with Crippen molar-refractivity contribution in [1.82, 2.24) is 0 Å². The predicted molar refractivity (Wildman–Crippen MR) is 372 cm³/mol. The van der Waals surface area contributed by atoms with Crippen LogP contribution in [0.15, 0.2) is 324 Å². The minimum absolute atomic E-state index is 0.842. The molecule has 0 bridgehead atoms. The van der Waals surface area contributed by atoms with Crippen LogP contribution in [0.3, 0.4) is 0 Å². The quantitative estimate of drug-likeness (QED) is 0.135. The van der Waals surface area contributed by atoms with Gasteiger partial charge in [-0.2, -0.15) is 0 Å². The topological polar surface area (TPSA) is 32.8 Å². The van der Waals surface area contributed by atoms with Crippen LogP contribution in [0.4, 0.5) is 34.1 Å². The first-order chi connectivity index (χ1) is 43.6. The van der Waals surface area contributed by atoms with Crippen molar-refractivity contribution in [2.45, 2.75) is 0 Å². The van der Waals surface area contributed by atoms with E-state index < -0.39 is 0 Å². The van der Waals surface area contributed by atoms with Gasteiger partial charge in [0.05, 0.1) is 17.1 Å². The van der Waals surface area contributed by atoms with Gasteiger partial charge in [0.25, 0.3) is 0 Å². The molecule has 0 aliphatic heterocycles. The van der Waals surface area contributed by atoms with Crippen molar-refractivity contribution in [3.05, 3.63) is 315 Å². The largest absolute Gasteiger partial charge is 0.456 e. The summed E-state index contributed by atoms with van der Waals surface area (Å²) in [6, 6.07) is 115. The molecular weight excluding hydrogens is 1070 g/mol. The van der Waals surface area contributed by atoms with Crippen LogP contribution in [0.2, 0.25) is 0 Å². The highest BCUT2D eigenvalue weighted by Gasteiger charge is 2.26. The van der Waals surface area contributed by atoms with Crippen molar-refractivity contribution in [2.24, 2.45) is 0 Å². The molecule has 4 nitrogen and oxygen atoms in total. The van der Waals surface area contributed by atoms with Crippen molar-refractivity contribution in [1.29, 1.82) is 0 Å². The van der Waals surface area contributed by atoms with E-state index in [1.54, 1.807) is 0 Å². The van der Waals surface area contributed by atoms with Gasteiger partial charge in [0.15, 0.2) is 5.58 Å². The maximum Gasteiger partial charge on any atom is 0.160 e. The molecule has 0 aliphatic rings. The highest BCUT2D eigenvalue weighted by atomic mass is 16.3. The first-order valence-corrected chi connectivity index (χ1v) is 30.1. The first-order valence-electron chi connectivity index (χ1n) is 30.1. The van der Waals surface area contributed by atoms with E-state index in [2.05, 4.69) is 325 Å². The molecule has 2 heterocycles. The molecule has 18 rings (SSSR count). The Morgan fingerprint density at radius 2 is 0.636 bits per heavy atom. The van der Waals surface area contributed by atoms with E-state index in [0.717, 1.165) is 133 Å². The normalized spacial score (nSPS) is 11.9. The third-order valence-electron chi connectivity index (χ3n) is 18.2. The van der Waals surface area contributed by atoms with Gasteiger partial charge in [-0.25, -0.2) is 0 Å². The molecule has 0 saturated heterocycles. The fourth-order valence-electron chi connectivity index (χ4n) is 14.1. The maximum absolute atomic E-state index is 7.14. The molecule has 0 spiro atoms. The van der Waals surface area contributed by atoms with E-state index >= 15 is 0 Å². The van der Waals surface area contributed by atoms with Gasteiger partial charge in [0, 0.05) is 55.4 Å². The van der Waals surface area contributed by atoms with E-state index in [1.165, 1.54) is 43.4 Å². The summed E-state index contributed by atoms with van der Waals surface area (Å²) in [5.41, 5.74) is 16.4. The van der Waals surface area contributed by atoms with Crippen LogP contribution in [0.25, 0.3) is 142 Å². The number of benzene rings is 16. The molecule has 0 saturated carbocycles. The summed E-state index contributed by atoms with van der Waals surface area (Å²) in [7, 11) is 0. The average molecular weight is 1120 g/mol. The van der Waals surface area contributed by atoms with Crippen LogP contribution in [0, 0.1) is 0 Å². The Kier molecular flexibility index (Phi) is 11.3. The van der Waals surface area contributed by atoms with Crippen molar-refractivity contribution in [3.63, 3.8) is 0 Å². The molecule has 0 fully saturated rings. The Morgan fingerprint density at radius 3 is 1.23 bits per heavy atom. The SMILES string of the molecule is c1ccc(-c2ccc(N(c3ccc(-c4ccc(N(c5ccc(-c6ccccc6)cc5)c5cc6ccccc6c6c5oc5ccc7ccccc7c56)cc4)c4cc5ccccc5cc34)c3cc4oc5ccc6ccccc6c5c4c4ccccc34)cc2)cc1. The molecule has 4 heteroatoms. The van der Waals surface area contributed by atoms with Gasteiger partial charge >= 0.3 is 0 Å². The van der Waals surface area contributed by atoms with Crippen LogP contribution < -0.4 is 9.80 Å². The molecule has 88 heavy (non-hydrogen) atoms. The van der Waals surface area contributed by atoms with Gasteiger partial charge in [-0.1, -0.05) is 237 Å². The van der Waals surface area contributed by atoms with Gasteiger partial charge in [0.1, 0.15) is 16.7 Å². The Balaban J connectivity index is 0.840. The molecule has 410 valence electrons. The second kappa shape index (κ2) is 20.0. The monoisotopic (exact) mass is 1120 g/mol. The number of fused-ring (bicyclic) bond motifs is 16. The number of hydrogen-bond acceptors (Lipinski definition) is 4. The zero-order chi connectivity index (χ0) is 57.8. The van der Waals surface area contributed by atoms with Gasteiger partial charge in [-0.15, -0.1) is 0 Å². The van der Waals surface area contributed by atoms with Crippen LogP contribution in [0.5, 0.6) is 0 Å². The Morgan fingerprint density at radius 1 is 0.205 bits per heavy atom. The fraction of sp³-hybridized carbons (Fsp3) is 0. The lowest BCUT2D eigenvalue weighted by Crippen LogP contribution is -2.11. The maximum atomic E-state index is 7.14. The van der Waals surface area contributed by atoms with E-state index in [-0.39, 0.29) is 0 Å². The zero-order valence-corrected chi connectivity index (χ0v) is 47.7. The molecule has 2 aromatic heterocycles. The summed E-state index contributed by atoms with van der Waals surface area (Å²) in [5.74, 6) is 0. The Bertz CT molecular complexity index is 5790. The number of rotatable bonds is 9. The summed E-state index contributed by atoms with van der Waals surface area (Å²) in [4.78, 5) is 4.83. The van der Waals surface area contributed by atoms with Crippen molar-refractivity contribution in [2.75, 3.05) is 9.80 Å². The molecule has 0 N–H and O–H groups in total. The first kappa shape index (κ1) is 49.7. The molecule has 18 aromatic rings. The summed E-state index contributed by atoms with van der Waals surface area (Å²) >= 11 is 0. The minimum atomic E-state index is 0.842. The van der Waals surface area contributed by atoms with Crippen molar-refractivity contribution >= 4 is 143 Å². The summed E-state index contributed by atoms with van der Waals surface area (Å²) in [5, 5.41) is 18.4. The van der Waals surface area contributed by atoms with Crippen molar-refractivity contribution < 1.29 is 8.83 Å². The predicted octanol–water partition coefficient (Wildman–Crippen LogP) is 24.3. The highest BCUT2D eigenvalue weighted by Crippen LogP contribution is 2.51. The average Bonchev–Trinajstić information content (AvgIpc) is 3.02. The van der Waals surface area contributed by atoms with Crippen LogP contribution in [-0.4, -0.2) is 0 Å². The smallest absolute Gasteiger partial charge is 0.160 e. The van der Waals surface area contributed by atoms with Crippen LogP contribution in [0.1, 0.15) is 0 Å². The second-order valence-corrected chi connectivity index (χ2v) is 23.1. The lowest BCUT2D eigenvalue weighted by atomic mass is 9.93. The molecule has 0 aliphatic carbocycles. The Hall–Kier alpha value is -11.7. The number of anilines is 6. The molecular formula is C84H52N2O2. The third kappa shape index (κ3) is 7.93. The van der Waals surface area contributed by atoms with Crippen LogP contribution in [-0.2, 0) is 0 Å². The number of nitrogens with zero attached hydrogens (tertiary/aromatic N) is 2. The van der Waals surface area contributed by atoms with Crippen molar-refractivity contribution in [3.8, 4) is 33.4 Å². The van der Waals surface area contributed by atoms with Gasteiger partial charge in [-0.05, 0) is 160 Å². The van der Waals surface area contributed by atoms with E-state index in [0.29, 0.717) is 0 Å². The van der Waals surface area contributed by atoms with E-state index in [1.807, 2.05) is 0 Å². The number of furan rings is 2. The van der Waals surface area contributed by atoms with Gasteiger partial charge in [-0.3, -0.25) is 0 Å². The molecule has 0 atom stereocenters. The summed E-state index contributed by atoms with van der Waals surface area (Å²) in [6.45, 7) is 0. The van der Waals surface area contributed by atoms with E-state index in [4.69, 9.17) is 8.83 Å². The second-order valence-electron chi connectivity index (χ2n) is 23.1. The molecule has 0 radical (unpaired) electrons. The van der Waals surface area contributed by atoms with Gasteiger partial charge in [0.2, 0.25) is 0 Å². The third-order valence-corrected chi connectivity index (χ3v) is 18.2. The molecule has 16 aromatic carbocycles.